The molecule has 0 aromatic heterocycles. The van der Waals surface area contributed by atoms with Crippen LogP contribution in [0.5, 0.6) is 0 Å². The van der Waals surface area contributed by atoms with Gasteiger partial charge in [-0.1, -0.05) is 27.7 Å². The number of hydrogen-bond donors (Lipinski definition) is 1. The van der Waals surface area contributed by atoms with Gasteiger partial charge < -0.3 is 5.11 Å². The van der Waals surface area contributed by atoms with Gasteiger partial charge in [-0.25, -0.2) is 0 Å². The van der Waals surface area contributed by atoms with Crippen molar-refractivity contribution in [3.8, 4) is 0 Å². The Bertz CT molecular complexity index is 177. The quantitative estimate of drug-likeness (QED) is 0.775. The predicted octanol–water partition coefficient (Wildman–Crippen LogP) is 2.51. The van der Waals surface area contributed by atoms with Crippen LogP contribution in [0, 0.1) is 11.8 Å². The zero-order chi connectivity index (χ0) is 11.4. The number of likely N-dealkylation sites (N-methyl/N-ethyl adjacent to an activating group) is 1. The number of rotatable bonds is 4. The van der Waals surface area contributed by atoms with E-state index < -0.39 is 0 Å². The highest BCUT2D eigenvalue weighted by atomic mass is 16.3. The second kappa shape index (κ2) is 5.86. The molecule has 2 heteroatoms. The Labute approximate surface area is 94.7 Å². The lowest BCUT2D eigenvalue weighted by molar-refractivity contribution is -0.000393. The maximum atomic E-state index is 10.1. The van der Waals surface area contributed by atoms with Gasteiger partial charge in [0, 0.05) is 6.04 Å². The fraction of sp³-hybridized carbons (Fsp3) is 1.00. The summed E-state index contributed by atoms with van der Waals surface area (Å²) in [6, 6.07) is 0.404. The summed E-state index contributed by atoms with van der Waals surface area (Å²) in [7, 11) is 0. The summed E-state index contributed by atoms with van der Waals surface area (Å²) in [5.74, 6) is 1.56. The number of aliphatic hydroxyl groups is 1. The molecule has 1 fully saturated rings. The Morgan fingerprint density at radius 2 is 1.80 bits per heavy atom. The monoisotopic (exact) mass is 213 g/mol. The summed E-state index contributed by atoms with van der Waals surface area (Å²) < 4.78 is 0. The van der Waals surface area contributed by atoms with Crippen molar-refractivity contribution in [2.75, 3.05) is 13.1 Å². The van der Waals surface area contributed by atoms with Crippen molar-refractivity contribution >= 4 is 0 Å². The highest BCUT2D eigenvalue weighted by Gasteiger charge is 2.33. The number of nitrogens with zero attached hydrogens (tertiary/aromatic N) is 1. The van der Waals surface area contributed by atoms with Crippen molar-refractivity contribution in [1.29, 1.82) is 0 Å². The van der Waals surface area contributed by atoms with Crippen molar-refractivity contribution < 1.29 is 5.11 Å². The van der Waals surface area contributed by atoms with Crippen molar-refractivity contribution in [2.45, 2.75) is 59.1 Å². The van der Waals surface area contributed by atoms with Gasteiger partial charge in [-0.3, -0.25) is 4.90 Å². The summed E-state index contributed by atoms with van der Waals surface area (Å²) in [4.78, 5) is 2.42. The molecular formula is C13H27NO. The molecule has 0 saturated heterocycles. The summed E-state index contributed by atoms with van der Waals surface area (Å²) in [6.07, 6.45) is 3.28. The van der Waals surface area contributed by atoms with Crippen molar-refractivity contribution in [3.05, 3.63) is 0 Å². The van der Waals surface area contributed by atoms with Gasteiger partial charge in [-0.15, -0.1) is 0 Å². The molecule has 0 amide bonds. The van der Waals surface area contributed by atoms with Crippen LogP contribution in [0.2, 0.25) is 0 Å². The van der Waals surface area contributed by atoms with Crippen LogP contribution in [-0.2, 0) is 0 Å². The number of aliphatic hydroxyl groups excluding tert-OH is 1. The second-order valence-electron chi connectivity index (χ2n) is 5.17. The molecule has 0 spiro atoms. The van der Waals surface area contributed by atoms with Crippen molar-refractivity contribution in [2.24, 2.45) is 11.8 Å². The van der Waals surface area contributed by atoms with Gasteiger partial charge in [0.25, 0.3) is 0 Å². The lowest BCUT2D eigenvalue weighted by Gasteiger charge is -2.41. The molecule has 0 aromatic rings. The van der Waals surface area contributed by atoms with Crippen LogP contribution in [0.1, 0.15) is 47.0 Å². The van der Waals surface area contributed by atoms with Gasteiger partial charge >= 0.3 is 0 Å². The van der Waals surface area contributed by atoms with Crippen molar-refractivity contribution in [1.82, 2.24) is 4.90 Å². The fourth-order valence-electron chi connectivity index (χ4n) is 2.85. The molecule has 1 aliphatic rings. The van der Waals surface area contributed by atoms with Crippen LogP contribution in [0.25, 0.3) is 0 Å². The highest BCUT2D eigenvalue weighted by Crippen LogP contribution is 2.32. The van der Waals surface area contributed by atoms with Gasteiger partial charge in [0.2, 0.25) is 0 Å². The lowest BCUT2D eigenvalue weighted by atomic mass is 9.77. The molecule has 0 radical (unpaired) electrons. The van der Waals surface area contributed by atoms with Crippen LogP contribution < -0.4 is 0 Å². The standard InChI is InChI=1S/C13H27NO/c1-5-14(6-2)12-9-11(10(3)4)7-8-13(12)15/h10-13,15H,5-9H2,1-4H3. The first-order valence-electron chi connectivity index (χ1n) is 6.52. The van der Waals surface area contributed by atoms with Gasteiger partial charge in [0.05, 0.1) is 6.10 Å². The minimum atomic E-state index is -0.0973. The fourth-order valence-corrected chi connectivity index (χ4v) is 2.85. The van der Waals surface area contributed by atoms with Gasteiger partial charge in [-0.05, 0) is 44.2 Å². The third-order valence-corrected chi connectivity index (χ3v) is 4.05. The molecule has 0 aromatic carbocycles. The average molecular weight is 213 g/mol. The molecule has 1 aliphatic carbocycles. The second-order valence-corrected chi connectivity index (χ2v) is 5.17. The SMILES string of the molecule is CCN(CC)C1CC(C(C)C)CCC1O. The van der Waals surface area contributed by atoms with E-state index in [1.54, 1.807) is 0 Å². The summed E-state index contributed by atoms with van der Waals surface area (Å²) >= 11 is 0. The molecule has 1 rings (SSSR count). The smallest absolute Gasteiger partial charge is 0.0695 e. The minimum absolute atomic E-state index is 0.0973. The first-order valence-corrected chi connectivity index (χ1v) is 6.52. The molecular weight excluding hydrogens is 186 g/mol. The molecule has 0 heterocycles. The van der Waals surface area contributed by atoms with E-state index >= 15 is 0 Å². The largest absolute Gasteiger partial charge is 0.391 e. The molecule has 90 valence electrons. The van der Waals surface area contributed by atoms with E-state index in [4.69, 9.17) is 0 Å². The molecule has 15 heavy (non-hydrogen) atoms. The first kappa shape index (κ1) is 13.0. The summed E-state index contributed by atoms with van der Waals surface area (Å²) in [5.41, 5.74) is 0. The molecule has 0 bridgehead atoms. The Morgan fingerprint density at radius 1 is 1.20 bits per heavy atom. The van der Waals surface area contributed by atoms with Crippen LogP contribution in [0.4, 0.5) is 0 Å². The molecule has 1 saturated carbocycles. The summed E-state index contributed by atoms with van der Waals surface area (Å²) in [6.45, 7) is 11.1. The lowest BCUT2D eigenvalue weighted by Crippen LogP contribution is -2.47. The van der Waals surface area contributed by atoms with Crippen LogP contribution >= 0.6 is 0 Å². The van der Waals surface area contributed by atoms with E-state index in [0.29, 0.717) is 6.04 Å². The third-order valence-electron chi connectivity index (χ3n) is 4.05. The average Bonchev–Trinajstić information content (AvgIpc) is 2.22. The van der Waals surface area contributed by atoms with Crippen LogP contribution in [0.3, 0.4) is 0 Å². The van der Waals surface area contributed by atoms with E-state index in [-0.39, 0.29) is 6.10 Å². The Hall–Kier alpha value is -0.0800. The zero-order valence-electron chi connectivity index (χ0n) is 10.7. The molecule has 1 N–H and O–H groups in total. The Kier molecular flexibility index (Phi) is 5.07. The molecule has 2 nitrogen and oxygen atoms in total. The van der Waals surface area contributed by atoms with Crippen LogP contribution in [0.15, 0.2) is 0 Å². The minimum Gasteiger partial charge on any atom is -0.391 e. The predicted molar refractivity (Wildman–Crippen MR) is 64.9 cm³/mol. The summed E-state index contributed by atoms with van der Waals surface area (Å²) in [5, 5.41) is 10.1. The molecule has 3 atom stereocenters. The molecule has 3 unspecified atom stereocenters. The maximum absolute atomic E-state index is 10.1. The Balaban J connectivity index is 2.60. The van der Waals surface area contributed by atoms with E-state index in [9.17, 15) is 5.11 Å². The Morgan fingerprint density at radius 3 is 2.27 bits per heavy atom. The van der Waals surface area contributed by atoms with E-state index in [2.05, 4.69) is 32.6 Å². The number of hydrogen-bond acceptors (Lipinski definition) is 2. The van der Waals surface area contributed by atoms with Gasteiger partial charge in [-0.2, -0.15) is 0 Å². The third kappa shape index (κ3) is 3.18. The van der Waals surface area contributed by atoms with E-state index in [1.165, 1.54) is 12.8 Å². The highest BCUT2D eigenvalue weighted by molar-refractivity contribution is 4.87. The zero-order valence-corrected chi connectivity index (χ0v) is 10.7. The van der Waals surface area contributed by atoms with Gasteiger partial charge in [0.1, 0.15) is 0 Å². The topological polar surface area (TPSA) is 23.5 Å². The van der Waals surface area contributed by atoms with Crippen molar-refractivity contribution in [3.63, 3.8) is 0 Å². The van der Waals surface area contributed by atoms with Crippen LogP contribution in [-0.4, -0.2) is 35.2 Å². The van der Waals surface area contributed by atoms with E-state index in [0.717, 1.165) is 31.3 Å². The normalized spacial score (nSPS) is 32.6. The molecule has 0 aliphatic heterocycles. The van der Waals surface area contributed by atoms with E-state index in [1.807, 2.05) is 0 Å². The van der Waals surface area contributed by atoms with Gasteiger partial charge in [0.15, 0.2) is 0 Å². The maximum Gasteiger partial charge on any atom is 0.0695 e. The first-order chi connectivity index (χ1) is 7.10.